The second-order valence-corrected chi connectivity index (χ2v) is 4.77. The van der Waals surface area contributed by atoms with E-state index in [2.05, 4.69) is 23.7 Å². The van der Waals surface area contributed by atoms with Gasteiger partial charge in [-0.1, -0.05) is 30.3 Å². The fourth-order valence-corrected chi connectivity index (χ4v) is 1.12. The molecule has 0 aliphatic carbocycles. The van der Waals surface area contributed by atoms with Crippen molar-refractivity contribution in [2.75, 3.05) is 20.6 Å². The SMILES string of the molecule is CN(C)C(C)(C)CN=C(N)c1ccccc1. The Balaban J connectivity index is 2.73. The van der Waals surface area contributed by atoms with Crippen LogP contribution in [-0.2, 0) is 0 Å². The van der Waals surface area contributed by atoms with Crippen LogP contribution in [-0.4, -0.2) is 36.9 Å². The predicted molar refractivity (Wildman–Crippen MR) is 69.8 cm³/mol. The van der Waals surface area contributed by atoms with Gasteiger partial charge in [-0.3, -0.25) is 4.99 Å². The Morgan fingerprint density at radius 1 is 1.25 bits per heavy atom. The number of benzene rings is 1. The summed E-state index contributed by atoms with van der Waals surface area (Å²) in [4.78, 5) is 6.59. The van der Waals surface area contributed by atoms with E-state index >= 15 is 0 Å². The molecule has 16 heavy (non-hydrogen) atoms. The van der Waals surface area contributed by atoms with Crippen molar-refractivity contribution in [3.8, 4) is 0 Å². The third-order valence-corrected chi connectivity index (χ3v) is 2.92. The standard InChI is InChI=1S/C13H21N3/c1-13(2,16(3)4)10-15-12(14)11-8-6-5-7-9-11/h5-9H,10H2,1-4H3,(H2,14,15). The first-order valence-electron chi connectivity index (χ1n) is 5.46. The Bertz CT molecular complexity index is 353. The largest absolute Gasteiger partial charge is 0.384 e. The van der Waals surface area contributed by atoms with Crippen molar-refractivity contribution >= 4 is 5.84 Å². The summed E-state index contributed by atoms with van der Waals surface area (Å²) in [7, 11) is 4.10. The van der Waals surface area contributed by atoms with E-state index in [0.717, 1.165) is 5.56 Å². The topological polar surface area (TPSA) is 41.6 Å². The van der Waals surface area contributed by atoms with Crippen LogP contribution in [0.15, 0.2) is 35.3 Å². The molecule has 0 bridgehead atoms. The summed E-state index contributed by atoms with van der Waals surface area (Å²) in [5, 5.41) is 0. The minimum atomic E-state index is 0.0272. The molecule has 0 aromatic heterocycles. The molecule has 0 unspecified atom stereocenters. The lowest BCUT2D eigenvalue weighted by Gasteiger charge is -2.30. The second kappa shape index (κ2) is 5.12. The molecule has 0 heterocycles. The summed E-state index contributed by atoms with van der Waals surface area (Å²) in [6.07, 6.45) is 0. The first-order valence-corrected chi connectivity index (χ1v) is 5.46. The van der Waals surface area contributed by atoms with Gasteiger partial charge < -0.3 is 10.6 Å². The molecular weight excluding hydrogens is 198 g/mol. The van der Waals surface area contributed by atoms with Gasteiger partial charge in [0.2, 0.25) is 0 Å². The number of amidine groups is 1. The van der Waals surface area contributed by atoms with Crippen molar-refractivity contribution < 1.29 is 0 Å². The highest BCUT2D eigenvalue weighted by molar-refractivity contribution is 5.97. The lowest BCUT2D eigenvalue weighted by atomic mass is 10.0. The van der Waals surface area contributed by atoms with Crippen molar-refractivity contribution in [3.05, 3.63) is 35.9 Å². The van der Waals surface area contributed by atoms with Crippen molar-refractivity contribution in [2.45, 2.75) is 19.4 Å². The highest BCUT2D eigenvalue weighted by Gasteiger charge is 2.19. The number of nitrogens with two attached hydrogens (primary N) is 1. The Morgan fingerprint density at radius 3 is 2.31 bits per heavy atom. The van der Waals surface area contributed by atoms with Gasteiger partial charge in [0.15, 0.2) is 0 Å². The molecule has 0 atom stereocenters. The van der Waals surface area contributed by atoms with E-state index in [4.69, 9.17) is 5.73 Å². The van der Waals surface area contributed by atoms with E-state index in [9.17, 15) is 0 Å². The van der Waals surface area contributed by atoms with Gasteiger partial charge in [-0.15, -0.1) is 0 Å². The van der Waals surface area contributed by atoms with E-state index in [1.54, 1.807) is 0 Å². The van der Waals surface area contributed by atoms with E-state index in [1.165, 1.54) is 0 Å². The molecule has 1 aromatic rings. The van der Waals surface area contributed by atoms with Gasteiger partial charge in [0.05, 0.1) is 6.54 Å². The molecule has 0 aliphatic rings. The summed E-state index contributed by atoms with van der Waals surface area (Å²) < 4.78 is 0. The molecule has 88 valence electrons. The monoisotopic (exact) mass is 219 g/mol. The van der Waals surface area contributed by atoms with E-state index in [1.807, 2.05) is 44.4 Å². The van der Waals surface area contributed by atoms with Crippen LogP contribution in [0.5, 0.6) is 0 Å². The zero-order chi connectivity index (χ0) is 12.2. The highest BCUT2D eigenvalue weighted by Crippen LogP contribution is 2.10. The van der Waals surface area contributed by atoms with E-state index in [0.29, 0.717) is 12.4 Å². The van der Waals surface area contributed by atoms with Crippen molar-refractivity contribution in [1.29, 1.82) is 0 Å². The first-order chi connectivity index (χ1) is 7.43. The van der Waals surface area contributed by atoms with Gasteiger partial charge in [0.25, 0.3) is 0 Å². The molecule has 2 N–H and O–H groups in total. The molecule has 0 fully saturated rings. The van der Waals surface area contributed by atoms with Crippen LogP contribution in [0.2, 0.25) is 0 Å². The minimum Gasteiger partial charge on any atom is -0.384 e. The van der Waals surface area contributed by atoms with Crippen LogP contribution in [0.4, 0.5) is 0 Å². The number of likely N-dealkylation sites (N-methyl/N-ethyl adjacent to an activating group) is 1. The zero-order valence-electron chi connectivity index (χ0n) is 10.6. The molecule has 3 heteroatoms. The van der Waals surface area contributed by atoms with Crippen LogP contribution < -0.4 is 5.73 Å². The van der Waals surface area contributed by atoms with Crippen LogP contribution in [0.3, 0.4) is 0 Å². The smallest absolute Gasteiger partial charge is 0.125 e. The zero-order valence-corrected chi connectivity index (χ0v) is 10.6. The van der Waals surface area contributed by atoms with Crippen LogP contribution in [0.1, 0.15) is 19.4 Å². The normalized spacial score (nSPS) is 13.2. The average Bonchev–Trinajstić information content (AvgIpc) is 2.27. The minimum absolute atomic E-state index is 0.0272. The lowest BCUT2D eigenvalue weighted by Crippen LogP contribution is -2.41. The van der Waals surface area contributed by atoms with Crippen LogP contribution in [0.25, 0.3) is 0 Å². The fraction of sp³-hybridized carbons (Fsp3) is 0.462. The second-order valence-electron chi connectivity index (χ2n) is 4.77. The Morgan fingerprint density at radius 2 is 1.81 bits per heavy atom. The summed E-state index contributed by atoms with van der Waals surface area (Å²) in [6.45, 7) is 4.99. The average molecular weight is 219 g/mol. The Labute approximate surface area is 98.0 Å². The maximum absolute atomic E-state index is 5.93. The molecule has 0 saturated heterocycles. The molecule has 1 aromatic carbocycles. The molecule has 0 saturated carbocycles. The Hall–Kier alpha value is -1.35. The Kier molecular flexibility index (Phi) is 4.07. The summed E-state index contributed by atoms with van der Waals surface area (Å²) in [5.41, 5.74) is 6.94. The quantitative estimate of drug-likeness (QED) is 0.619. The summed E-state index contributed by atoms with van der Waals surface area (Å²) in [5.74, 6) is 0.607. The lowest BCUT2D eigenvalue weighted by molar-refractivity contribution is 0.205. The van der Waals surface area contributed by atoms with Crippen molar-refractivity contribution in [3.63, 3.8) is 0 Å². The summed E-state index contributed by atoms with van der Waals surface area (Å²) >= 11 is 0. The fourth-order valence-electron chi connectivity index (χ4n) is 1.12. The van der Waals surface area contributed by atoms with E-state index < -0.39 is 0 Å². The molecule has 0 amide bonds. The first kappa shape index (κ1) is 12.7. The van der Waals surface area contributed by atoms with Crippen LogP contribution in [0, 0.1) is 0 Å². The molecule has 0 spiro atoms. The van der Waals surface area contributed by atoms with Gasteiger partial charge in [0.1, 0.15) is 5.84 Å². The molecule has 0 aliphatic heterocycles. The number of nitrogens with zero attached hydrogens (tertiary/aromatic N) is 2. The molecular formula is C13H21N3. The van der Waals surface area contributed by atoms with Crippen molar-refractivity contribution in [1.82, 2.24) is 4.90 Å². The molecule has 0 radical (unpaired) electrons. The number of aliphatic imine (C=N–C) groups is 1. The van der Waals surface area contributed by atoms with Gasteiger partial charge >= 0.3 is 0 Å². The van der Waals surface area contributed by atoms with Gasteiger partial charge in [-0.2, -0.15) is 0 Å². The molecule has 3 nitrogen and oxygen atoms in total. The number of rotatable bonds is 4. The maximum Gasteiger partial charge on any atom is 0.125 e. The van der Waals surface area contributed by atoms with Gasteiger partial charge in [-0.05, 0) is 27.9 Å². The summed E-state index contributed by atoms with van der Waals surface area (Å²) in [6, 6.07) is 9.85. The maximum atomic E-state index is 5.93. The van der Waals surface area contributed by atoms with Crippen LogP contribution >= 0.6 is 0 Å². The third-order valence-electron chi connectivity index (χ3n) is 2.92. The predicted octanol–water partition coefficient (Wildman–Crippen LogP) is 1.73. The highest BCUT2D eigenvalue weighted by atomic mass is 15.1. The van der Waals surface area contributed by atoms with E-state index in [-0.39, 0.29) is 5.54 Å². The third kappa shape index (κ3) is 3.35. The van der Waals surface area contributed by atoms with Crippen molar-refractivity contribution in [2.24, 2.45) is 10.7 Å². The number of hydrogen-bond acceptors (Lipinski definition) is 2. The van der Waals surface area contributed by atoms with Gasteiger partial charge in [-0.25, -0.2) is 0 Å². The van der Waals surface area contributed by atoms with Gasteiger partial charge in [0, 0.05) is 11.1 Å². The number of hydrogen-bond donors (Lipinski definition) is 1. The molecule has 1 rings (SSSR count).